The van der Waals surface area contributed by atoms with Crippen molar-refractivity contribution in [1.29, 1.82) is 0 Å². The molecule has 0 saturated heterocycles. The van der Waals surface area contributed by atoms with E-state index in [0.717, 1.165) is 29.2 Å². The zero-order valence-electron chi connectivity index (χ0n) is 10.3. The predicted molar refractivity (Wildman–Crippen MR) is 72.1 cm³/mol. The van der Waals surface area contributed by atoms with Crippen molar-refractivity contribution in [3.8, 4) is 0 Å². The molecule has 1 aromatic carbocycles. The minimum atomic E-state index is 0.435. The number of hydrogen-bond acceptors (Lipinski definition) is 2. The Bertz CT molecular complexity index is 337. The fourth-order valence-corrected chi connectivity index (χ4v) is 2.22. The van der Waals surface area contributed by atoms with Crippen LogP contribution in [0, 0.1) is 0 Å². The van der Waals surface area contributed by atoms with Crippen LogP contribution in [-0.4, -0.2) is 12.6 Å². The molecule has 16 heavy (non-hydrogen) atoms. The van der Waals surface area contributed by atoms with Gasteiger partial charge in [-0.25, -0.2) is 0 Å². The van der Waals surface area contributed by atoms with Gasteiger partial charge in [-0.1, -0.05) is 30.7 Å². The van der Waals surface area contributed by atoms with E-state index in [1.807, 2.05) is 18.2 Å². The Kier molecular flexibility index (Phi) is 5.10. The number of para-hydroxylation sites is 1. The maximum atomic E-state index is 6.29. The second kappa shape index (κ2) is 6.12. The molecule has 0 amide bonds. The topological polar surface area (TPSA) is 29.3 Å². The standard InChI is InChI=1S/C13H21ClN2/c1-4-8-16(10(2)3)13-11(9-15)6-5-7-12(13)14/h5-7,10H,4,8-9,15H2,1-3H3. The highest BCUT2D eigenvalue weighted by atomic mass is 35.5. The zero-order valence-corrected chi connectivity index (χ0v) is 11.1. The molecule has 0 spiro atoms. The van der Waals surface area contributed by atoms with E-state index < -0.39 is 0 Å². The smallest absolute Gasteiger partial charge is 0.0643 e. The lowest BCUT2D eigenvalue weighted by Gasteiger charge is -2.31. The highest BCUT2D eigenvalue weighted by Crippen LogP contribution is 2.31. The Balaban J connectivity index is 3.16. The van der Waals surface area contributed by atoms with E-state index in [-0.39, 0.29) is 0 Å². The third kappa shape index (κ3) is 2.89. The first kappa shape index (κ1) is 13.3. The molecule has 90 valence electrons. The summed E-state index contributed by atoms with van der Waals surface area (Å²) < 4.78 is 0. The molecule has 0 fully saturated rings. The Hall–Kier alpha value is -0.730. The summed E-state index contributed by atoms with van der Waals surface area (Å²) >= 11 is 6.29. The zero-order chi connectivity index (χ0) is 12.1. The van der Waals surface area contributed by atoms with Gasteiger partial charge in [0.1, 0.15) is 0 Å². The molecule has 0 bridgehead atoms. The highest BCUT2D eigenvalue weighted by molar-refractivity contribution is 6.33. The molecule has 0 heterocycles. The minimum absolute atomic E-state index is 0.435. The Morgan fingerprint density at radius 2 is 2.06 bits per heavy atom. The van der Waals surface area contributed by atoms with Crippen molar-refractivity contribution < 1.29 is 0 Å². The summed E-state index contributed by atoms with van der Waals surface area (Å²) in [4.78, 5) is 2.32. The van der Waals surface area contributed by atoms with Crippen molar-refractivity contribution in [3.63, 3.8) is 0 Å². The van der Waals surface area contributed by atoms with Crippen molar-refractivity contribution in [1.82, 2.24) is 0 Å². The van der Waals surface area contributed by atoms with Crippen LogP contribution in [0.1, 0.15) is 32.8 Å². The summed E-state index contributed by atoms with van der Waals surface area (Å²) in [5.41, 5.74) is 7.99. The van der Waals surface area contributed by atoms with Gasteiger partial charge in [0, 0.05) is 19.1 Å². The number of anilines is 1. The quantitative estimate of drug-likeness (QED) is 0.855. The Labute approximate surface area is 103 Å². The fraction of sp³-hybridized carbons (Fsp3) is 0.538. The summed E-state index contributed by atoms with van der Waals surface area (Å²) in [5.74, 6) is 0. The SMILES string of the molecule is CCCN(c1c(Cl)cccc1CN)C(C)C. The van der Waals surface area contributed by atoms with Gasteiger partial charge >= 0.3 is 0 Å². The molecule has 1 rings (SSSR count). The highest BCUT2D eigenvalue weighted by Gasteiger charge is 2.16. The van der Waals surface area contributed by atoms with Gasteiger partial charge in [-0.2, -0.15) is 0 Å². The van der Waals surface area contributed by atoms with E-state index in [9.17, 15) is 0 Å². The molecule has 0 aliphatic heterocycles. The fourth-order valence-electron chi connectivity index (χ4n) is 1.92. The number of rotatable bonds is 5. The van der Waals surface area contributed by atoms with Crippen molar-refractivity contribution in [3.05, 3.63) is 28.8 Å². The number of nitrogens with two attached hydrogens (primary N) is 1. The number of benzene rings is 1. The van der Waals surface area contributed by atoms with Crippen LogP contribution < -0.4 is 10.6 Å². The first-order valence-corrected chi connectivity index (χ1v) is 6.23. The van der Waals surface area contributed by atoms with Crippen LogP contribution in [0.2, 0.25) is 5.02 Å². The first-order valence-electron chi connectivity index (χ1n) is 5.85. The molecule has 0 atom stereocenters. The largest absolute Gasteiger partial charge is 0.368 e. The number of halogens is 1. The van der Waals surface area contributed by atoms with E-state index >= 15 is 0 Å². The molecule has 0 aliphatic rings. The van der Waals surface area contributed by atoms with Gasteiger partial charge in [0.15, 0.2) is 0 Å². The predicted octanol–water partition coefficient (Wildman–Crippen LogP) is 3.42. The monoisotopic (exact) mass is 240 g/mol. The van der Waals surface area contributed by atoms with Crippen molar-refractivity contribution >= 4 is 17.3 Å². The molecule has 0 saturated carbocycles. The third-order valence-electron chi connectivity index (χ3n) is 2.67. The van der Waals surface area contributed by atoms with Gasteiger partial charge in [-0.3, -0.25) is 0 Å². The summed E-state index contributed by atoms with van der Waals surface area (Å²) in [5, 5.41) is 0.796. The molecule has 0 unspecified atom stereocenters. The lowest BCUT2D eigenvalue weighted by molar-refractivity contribution is 0.667. The van der Waals surface area contributed by atoms with E-state index in [4.69, 9.17) is 17.3 Å². The molecule has 3 heteroatoms. The molecule has 2 nitrogen and oxygen atoms in total. The molecule has 2 N–H and O–H groups in total. The van der Waals surface area contributed by atoms with E-state index in [1.165, 1.54) is 0 Å². The minimum Gasteiger partial charge on any atom is -0.368 e. The van der Waals surface area contributed by atoms with Crippen LogP contribution in [0.3, 0.4) is 0 Å². The van der Waals surface area contributed by atoms with Gasteiger partial charge in [-0.05, 0) is 31.9 Å². The molecule has 0 aliphatic carbocycles. The van der Waals surface area contributed by atoms with Crippen molar-refractivity contribution in [2.24, 2.45) is 5.73 Å². The molecular weight excluding hydrogens is 220 g/mol. The number of nitrogens with zero attached hydrogens (tertiary/aromatic N) is 1. The van der Waals surface area contributed by atoms with Crippen LogP contribution >= 0.6 is 11.6 Å². The Morgan fingerprint density at radius 1 is 1.38 bits per heavy atom. The van der Waals surface area contributed by atoms with Crippen LogP contribution in [0.25, 0.3) is 0 Å². The van der Waals surface area contributed by atoms with E-state index in [2.05, 4.69) is 25.7 Å². The molecule has 0 aromatic heterocycles. The van der Waals surface area contributed by atoms with Crippen molar-refractivity contribution in [2.75, 3.05) is 11.4 Å². The van der Waals surface area contributed by atoms with E-state index in [1.54, 1.807) is 0 Å². The van der Waals surface area contributed by atoms with Crippen LogP contribution in [0.15, 0.2) is 18.2 Å². The summed E-state index contributed by atoms with van der Waals surface area (Å²) in [6.45, 7) is 8.07. The van der Waals surface area contributed by atoms with Gasteiger partial charge in [0.05, 0.1) is 10.7 Å². The average Bonchev–Trinajstić information content (AvgIpc) is 2.26. The lowest BCUT2D eigenvalue weighted by atomic mass is 10.1. The van der Waals surface area contributed by atoms with Gasteiger partial charge in [0.2, 0.25) is 0 Å². The lowest BCUT2D eigenvalue weighted by Crippen LogP contribution is -2.32. The number of hydrogen-bond donors (Lipinski definition) is 1. The van der Waals surface area contributed by atoms with Gasteiger partial charge in [0.25, 0.3) is 0 Å². The second-order valence-corrected chi connectivity index (χ2v) is 4.65. The van der Waals surface area contributed by atoms with Gasteiger partial charge in [-0.15, -0.1) is 0 Å². The molecule has 1 aromatic rings. The van der Waals surface area contributed by atoms with Crippen LogP contribution in [0.5, 0.6) is 0 Å². The maximum absolute atomic E-state index is 6.29. The second-order valence-electron chi connectivity index (χ2n) is 4.24. The summed E-state index contributed by atoms with van der Waals surface area (Å²) in [6, 6.07) is 6.37. The van der Waals surface area contributed by atoms with Crippen LogP contribution in [0.4, 0.5) is 5.69 Å². The Morgan fingerprint density at radius 3 is 2.56 bits per heavy atom. The first-order chi connectivity index (χ1) is 7.61. The maximum Gasteiger partial charge on any atom is 0.0643 e. The molecule has 0 radical (unpaired) electrons. The van der Waals surface area contributed by atoms with Gasteiger partial charge < -0.3 is 10.6 Å². The summed E-state index contributed by atoms with van der Waals surface area (Å²) in [7, 11) is 0. The average molecular weight is 241 g/mol. The van der Waals surface area contributed by atoms with Crippen molar-refractivity contribution in [2.45, 2.75) is 39.8 Å². The molecular formula is C13H21ClN2. The normalized spacial score (nSPS) is 10.9. The summed E-state index contributed by atoms with van der Waals surface area (Å²) in [6.07, 6.45) is 1.10. The van der Waals surface area contributed by atoms with E-state index in [0.29, 0.717) is 12.6 Å². The third-order valence-corrected chi connectivity index (χ3v) is 2.97. The van der Waals surface area contributed by atoms with Crippen LogP contribution in [-0.2, 0) is 6.54 Å².